The van der Waals surface area contributed by atoms with Crippen molar-refractivity contribution >= 4 is 29.3 Å². The Bertz CT molecular complexity index is 811. The molecule has 0 saturated carbocycles. The highest BCUT2D eigenvalue weighted by molar-refractivity contribution is 7.99. The molecule has 1 saturated heterocycles. The molecule has 1 aromatic heterocycles. The standard InChI is InChI=1S/C17H16ClFN2O2S/c18-13-9-11(10-20-16(13)22)17(23)21-6-5-15(24-8-7-21)12-3-1-2-4-14(12)19/h1-4,9-10,15H,5-8H2,(H,20,22). The Morgan fingerprint density at radius 1 is 1.33 bits per heavy atom. The number of thioether (sulfide) groups is 1. The summed E-state index contributed by atoms with van der Waals surface area (Å²) in [5, 5.41) is 0.0254. The van der Waals surface area contributed by atoms with Gasteiger partial charge in [-0.05, 0) is 18.6 Å². The van der Waals surface area contributed by atoms with Crippen LogP contribution in [0, 0.1) is 5.82 Å². The second-order valence-corrected chi connectivity index (χ2v) is 7.25. The van der Waals surface area contributed by atoms with Crippen molar-refractivity contribution in [1.82, 2.24) is 9.88 Å². The zero-order chi connectivity index (χ0) is 17.1. The third-order valence-electron chi connectivity index (χ3n) is 3.99. The number of H-pyrrole nitrogens is 1. The summed E-state index contributed by atoms with van der Waals surface area (Å²) in [5.74, 6) is 0.340. The third kappa shape index (κ3) is 3.65. The lowest BCUT2D eigenvalue weighted by atomic mass is 10.1. The molecule has 1 aromatic carbocycles. The van der Waals surface area contributed by atoms with Crippen LogP contribution in [0.2, 0.25) is 5.02 Å². The topological polar surface area (TPSA) is 53.2 Å². The lowest BCUT2D eigenvalue weighted by molar-refractivity contribution is 0.0766. The minimum atomic E-state index is -0.417. The molecule has 0 spiro atoms. The number of amides is 1. The SMILES string of the molecule is O=C(c1c[nH]c(=O)c(Cl)c1)N1CCSC(c2ccccc2F)CC1. The largest absolute Gasteiger partial charge is 0.338 e. The predicted molar refractivity (Wildman–Crippen MR) is 94.2 cm³/mol. The molecule has 0 aliphatic carbocycles. The summed E-state index contributed by atoms with van der Waals surface area (Å²) < 4.78 is 14.0. The van der Waals surface area contributed by atoms with Gasteiger partial charge in [0.25, 0.3) is 11.5 Å². The molecule has 7 heteroatoms. The van der Waals surface area contributed by atoms with E-state index in [0.717, 1.165) is 5.75 Å². The number of carbonyl (C=O) groups excluding carboxylic acids is 1. The van der Waals surface area contributed by atoms with Gasteiger partial charge in [0.1, 0.15) is 10.8 Å². The lowest BCUT2D eigenvalue weighted by Crippen LogP contribution is -2.33. The zero-order valence-electron chi connectivity index (χ0n) is 12.8. The molecule has 126 valence electrons. The number of hydrogen-bond acceptors (Lipinski definition) is 3. The molecular weight excluding hydrogens is 351 g/mol. The molecule has 24 heavy (non-hydrogen) atoms. The second kappa shape index (κ2) is 7.40. The van der Waals surface area contributed by atoms with Crippen molar-refractivity contribution < 1.29 is 9.18 Å². The zero-order valence-corrected chi connectivity index (χ0v) is 14.4. The maximum Gasteiger partial charge on any atom is 0.266 e. The summed E-state index contributed by atoms with van der Waals surface area (Å²) in [6, 6.07) is 8.15. The first-order valence-corrected chi connectivity index (χ1v) is 9.02. The van der Waals surface area contributed by atoms with Crippen molar-refractivity contribution in [3.63, 3.8) is 0 Å². The summed E-state index contributed by atoms with van der Waals surface area (Å²) >= 11 is 7.44. The van der Waals surface area contributed by atoms with Crippen LogP contribution in [-0.4, -0.2) is 34.6 Å². The van der Waals surface area contributed by atoms with E-state index < -0.39 is 5.56 Å². The molecule has 1 unspecified atom stereocenters. The van der Waals surface area contributed by atoms with Crippen molar-refractivity contribution in [1.29, 1.82) is 0 Å². The first-order chi connectivity index (χ1) is 11.6. The van der Waals surface area contributed by atoms with E-state index in [4.69, 9.17) is 11.6 Å². The van der Waals surface area contributed by atoms with E-state index in [-0.39, 0.29) is 22.0 Å². The molecule has 3 rings (SSSR count). The minimum Gasteiger partial charge on any atom is -0.338 e. The number of hydrogen-bond donors (Lipinski definition) is 1. The van der Waals surface area contributed by atoms with E-state index in [2.05, 4.69) is 4.98 Å². The normalized spacial score (nSPS) is 18.2. The number of nitrogens with zero attached hydrogens (tertiary/aromatic N) is 1. The van der Waals surface area contributed by atoms with Gasteiger partial charge in [-0.3, -0.25) is 9.59 Å². The van der Waals surface area contributed by atoms with Crippen LogP contribution in [0.5, 0.6) is 0 Å². The van der Waals surface area contributed by atoms with Crippen molar-refractivity contribution in [2.75, 3.05) is 18.8 Å². The summed E-state index contributed by atoms with van der Waals surface area (Å²) in [6.07, 6.45) is 2.05. The fraction of sp³-hybridized carbons (Fsp3) is 0.294. The predicted octanol–water partition coefficient (Wildman–Crippen LogP) is 3.49. The molecule has 1 atom stereocenters. The Kier molecular flexibility index (Phi) is 5.26. The van der Waals surface area contributed by atoms with Gasteiger partial charge in [-0.15, -0.1) is 0 Å². The Hall–Kier alpha value is -1.79. The molecule has 2 aromatic rings. The number of benzene rings is 1. The van der Waals surface area contributed by atoms with Gasteiger partial charge in [-0.1, -0.05) is 29.8 Å². The van der Waals surface area contributed by atoms with Crippen LogP contribution in [-0.2, 0) is 0 Å². The van der Waals surface area contributed by atoms with Crippen molar-refractivity contribution in [2.45, 2.75) is 11.7 Å². The van der Waals surface area contributed by atoms with E-state index in [1.807, 2.05) is 6.07 Å². The molecule has 2 heterocycles. The Morgan fingerprint density at radius 3 is 2.88 bits per heavy atom. The summed E-state index contributed by atoms with van der Waals surface area (Å²) in [5.41, 5.74) is 0.622. The highest BCUT2D eigenvalue weighted by Crippen LogP contribution is 2.35. The molecule has 1 fully saturated rings. The van der Waals surface area contributed by atoms with Crippen LogP contribution in [0.1, 0.15) is 27.6 Å². The van der Waals surface area contributed by atoms with Crippen LogP contribution < -0.4 is 5.56 Å². The molecule has 0 bridgehead atoms. The third-order valence-corrected chi connectivity index (χ3v) is 5.58. The molecule has 4 nitrogen and oxygen atoms in total. The van der Waals surface area contributed by atoms with Crippen LogP contribution in [0.25, 0.3) is 0 Å². The van der Waals surface area contributed by atoms with Gasteiger partial charge >= 0.3 is 0 Å². The Balaban J connectivity index is 1.73. The van der Waals surface area contributed by atoms with Gasteiger partial charge in [-0.2, -0.15) is 11.8 Å². The number of pyridine rings is 1. The van der Waals surface area contributed by atoms with E-state index in [1.54, 1.807) is 28.8 Å². The summed E-state index contributed by atoms with van der Waals surface area (Å²) in [7, 11) is 0. The van der Waals surface area contributed by atoms with Crippen molar-refractivity contribution in [2.24, 2.45) is 0 Å². The van der Waals surface area contributed by atoms with Crippen LogP contribution in [0.4, 0.5) is 4.39 Å². The van der Waals surface area contributed by atoms with E-state index in [0.29, 0.717) is 30.6 Å². The highest BCUT2D eigenvalue weighted by Gasteiger charge is 2.24. The van der Waals surface area contributed by atoms with Gasteiger partial charge < -0.3 is 9.88 Å². The van der Waals surface area contributed by atoms with Gasteiger partial charge in [0.15, 0.2) is 0 Å². The number of nitrogens with one attached hydrogen (secondary N) is 1. The fourth-order valence-corrected chi connectivity index (χ4v) is 4.15. The van der Waals surface area contributed by atoms with Crippen molar-refractivity contribution in [3.05, 3.63) is 68.8 Å². The molecule has 1 amide bonds. The fourth-order valence-electron chi connectivity index (χ4n) is 2.72. The maximum absolute atomic E-state index is 14.0. The maximum atomic E-state index is 14.0. The van der Waals surface area contributed by atoms with Gasteiger partial charge in [-0.25, -0.2) is 4.39 Å². The van der Waals surface area contributed by atoms with Crippen LogP contribution in [0.15, 0.2) is 41.3 Å². The van der Waals surface area contributed by atoms with Gasteiger partial charge in [0.05, 0.1) is 5.56 Å². The lowest BCUT2D eigenvalue weighted by Gasteiger charge is -2.20. The van der Waals surface area contributed by atoms with Gasteiger partial charge in [0.2, 0.25) is 0 Å². The van der Waals surface area contributed by atoms with E-state index in [1.165, 1.54) is 18.3 Å². The quantitative estimate of drug-likeness (QED) is 0.885. The van der Waals surface area contributed by atoms with E-state index >= 15 is 0 Å². The van der Waals surface area contributed by atoms with E-state index in [9.17, 15) is 14.0 Å². The molecule has 1 N–H and O–H groups in total. The number of rotatable bonds is 2. The average Bonchev–Trinajstić information content (AvgIpc) is 2.83. The molecule has 1 aliphatic rings. The Labute approximate surface area is 148 Å². The summed E-state index contributed by atoms with van der Waals surface area (Å²) in [6.45, 7) is 1.10. The second-order valence-electron chi connectivity index (χ2n) is 5.53. The smallest absolute Gasteiger partial charge is 0.266 e. The van der Waals surface area contributed by atoms with Crippen LogP contribution >= 0.6 is 23.4 Å². The number of aromatic nitrogens is 1. The number of aromatic amines is 1. The summed E-state index contributed by atoms with van der Waals surface area (Å²) in [4.78, 5) is 28.1. The average molecular weight is 367 g/mol. The molecule has 0 radical (unpaired) electrons. The highest BCUT2D eigenvalue weighted by atomic mass is 35.5. The number of carbonyl (C=O) groups is 1. The van der Waals surface area contributed by atoms with Crippen molar-refractivity contribution in [3.8, 4) is 0 Å². The first-order valence-electron chi connectivity index (χ1n) is 7.60. The van der Waals surface area contributed by atoms with Crippen LogP contribution in [0.3, 0.4) is 0 Å². The molecular formula is C17H16ClFN2O2S. The number of halogens is 2. The molecule has 1 aliphatic heterocycles. The van der Waals surface area contributed by atoms with Gasteiger partial charge in [0, 0.05) is 35.9 Å². The minimum absolute atomic E-state index is 0.00530. The Morgan fingerprint density at radius 2 is 2.12 bits per heavy atom. The monoisotopic (exact) mass is 366 g/mol. The first kappa shape index (κ1) is 17.0.